The van der Waals surface area contributed by atoms with Gasteiger partial charge in [0.25, 0.3) is 0 Å². The Morgan fingerprint density at radius 2 is 1.83 bits per heavy atom. The van der Waals surface area contributed by atoms with Crippen molar-refractivity contribution in [2.24, 2.45) is 5.92 Å². The van der Waals surface area contributed by atoms with Crippen LogP contribution in [0.1, 0.15) is 39.5 Å². The van der Waals surface area contributed by atoms with Crippen molar-refractivity contribution in [3.63, 3.8) is 0 Å². The number of likely N-dealkylation sites (tertiary alicyclic amines) is 1. The van der Waals surface area contributed by atoms with Crippen LogP contribution in [0.4, 0.5) is 10.5 Å². The minimum atomic E-state index is -0.663. The number of pyridine rings is 1. The highest BCUT2D eigenvalue weighted by Crippen LogP contribution is 2.34. The Morgan fingerprint density at radius 1 is 1.30 bits per heavy atom. The first-order valence-corrected chi connectivity index (χ1v) is 8.75. The fraction of sp³-hybridized carbons (Fsp3) is 0.625. The van der Waals surface area contributed by atoms with Crippen LogP contribution in [0.3, 0.4) is 0 Å². The molecular weight excluding hydrogens is 337 g/mol. The van der Waals surface area contributed by atoms with Gasteiger partial charge in [0.1, 0.15) is 10.3 Å². The SMILES string of the molecule is CCC(CC)C1(O)CCN(C(=O)Nc2cc(Cl)nc(Cl)c2)CC1. The number of piperidine rings is 1. The zero-order valence-electron chi connectivity index (χ0n) is 13.5. The Labute approximate surface area is 147 Å². The van der Waals surface area contributed by atoms with Crippen LogP contribution in [-0.2, 0) is 0 Å². The van der Waals surface area contributed by atoms with E-state index in [1.165, 1.54) is 0 Å². The first-order valence-electron chi connectivity index (χ1n) is 7.99. The number of nitrogens with one attached hydrogen (secondary N) is 1. The molecule has 0 saturated carbocycles. The van der Waals surface area contributed by atoms with Crippen LogP contribution in [0.25, 0.3) is 0 Å². The Morgan fingerprint density at radius 3 is 2.30 bits per heavy atom. The molecule has 1 aromatic heterocycles. The minimum Gasteiger partial charge on any atom is -0.389 e. The molecule has 0 aliphatic carbocycles. The number of urea groups is 1. The second-order valence-electron chi connectivity index (χ2n) is 6.04. The van der Waals surface area contributed by atoms with E-state index in [9.17, 15) is 9.90 Å². The molecule has 23 heavy (non-hydrogen) atoms. The van der Waals surface area contributed by atoms with Gasteiger partial charge in [0.05, 0.1) is 5.60 Å². The lowest BCUT2D eigenvalue weighted by Gasteiger charge is -2.42. The van der Waals surface area contributed by atoms with E-state index < -0.39 is 5.60 Å². The van der Waals surface area contributed by atoms with Crippen molar-refractivity contribution in [3.8, 4) is 0 Å². The predicted molar refractivity (Wildman–Crippen MR) is 93.1 cm³/mol. The minimum absolute atomic E-state index is 0.213. The molecule has 1 aromatic rings. The molecule has 1 saturated heterocycles. The molecule has 2 N–H and O–H groups in total. The van der Waals surface area contributed by atoms with Crippen LogP contribution >= 0.6 is 23.2 Å². The molecule has 0 atom stereocenters. The molecule has 2 rings (SSSR count). The summed E-state index contributed by atoms with van der Waals surface area (Å²) in [4.78, 5) is 17.9. The molecular formula is C16H23Cl2N3O2. The molecule has 5 nitrogen and oxygen atoms in total. The molecule has 0 spiro atoms. The van der Waals surface area contributed by atoms with E-state index in [0.717, 1.165) is 12.8 Å². The number of halogens is 2. The number of aromatic nitrogens is 1. The Hall–Kier alpha value is -1.04. The second-order valence-corrected chi connectivity index (χ2v) is 6.81. The van der Waals surface area contributed by atoms with Crippen LogP contribution in [0.5, 0.6) is 0 Å². The van der Waals surface area contributed by atoms with Gasteiger partial charge in [-0.2, -0.15) is 0 Å². The largest absolute Gasteiger partial charge is 0.389 e. The van der Waals surface area contributed by atoms with Crippen molar-refractivity contribution < 1.29 is 9.90 Å². The van der Waals surface area contributed by atoms with Crippen LogP contribution in [0.15, 0.2) is 12.1 Å². The molecule has 2 amide bonds. The van der Waals surface area contributed by atoms with E-state index in [-0.39, 0.29) is 22.3 Å². The van der Waals surface area contributed by atoms with Crippen LogP contribution in [-0.4, -0.2) is 39.7 Å². The Balaban J connectivity index is 1.95. The Bertz CT molecular complexity index is 536. The van der Waals surface area contributed by atoms with Gasteiger partial charge in [-0.05, 0) is 30.9 Å². The molecule has 1 aliphatic heterocycles. The lowest BCUT2D eigenvalue weighted by molar-refractivity contribution is -0.0619. The molecule has 0 aromatic carbocycles. The van der Waals surface area contributed by atoms with Gasteiger partial charge in [-0.15, -0.1) is 0 Å². The number of carbonyl (C=O) groups is 1. The fourth-order valence-electron chi connectivity index (χ4n) is 3.29. The molecule has 0 radical (unpaired) electrons. The molecule has 1 aliphatic rings. The summed E-state index contributed by atoms with van der Waals surface area (Å²) in [7, 11) is 0. The molecule has 2 heterocycles. The van der Waals surface area contributed by atoms with Crippen molar-refractivity contribution in [3.05, 3.63) is 22.4 Å². The summed E-state index contributed by atoms with van der Waals surface area (Å²) in [6.45, 7) is 5.26. The number of anilines is 1. The Kier molecular flexibility index (Phi) is 6.12. The van der Waals surface area contributed by atoms with E-state index in [2.05, 4.69) is 24.1 Å². The van der Waals surface area contributed by atoms with Crippen molar-refractivity contribution in [1.29, 1.82) is 0 Å². The average Bonchev–Trinajstić information content (AvgIpc) is 2.47. The summed E-state index contributed by atoms with van der Waals surface area (Å²) in [5.41, 5.74) is -0.148. The summed E-state index contributed by atoms with van der Waals surface area (Å²) in [6.07, 6.45) is 3.11. The normalized spacial score (nSPS) is 17.4. The van der Waals surface area contributed by atoms with E-state index in [1.54, 1.807) is 17.0 Å². The van der Waals surface area contributed by atoms with Crippen molar-refractivity contribution in [2.45, 2.75) is 45.1 Å². The number of carbonyl (C=O) groups excluding carboxylic acids is 1. The van der Waals surface area contributed by atoms with Gasteiger partial charge in [-0.3, -0.25) is 0 Å². The fourth-order valence-corrected chi connectivity index (χ4v) is 3.75. The highest BCUT2D eigenvalue weighted by Gasteiger charge is 2.38. The standard InChI is InChI=1S/C16H23Cl2N3O2/c1-3-11(4-2)16(23)5-7-21(8-6-16)15(22)19-12-9-13(17)20-14(18)10-12/h9-11,23H,3-8H2,1-2H3,(H,19,20,22). The third-order valence-electron chi connectivity index (χ3n) is 4.68. The van der Waals surface area contributed by atoms with E-state index in [1.807, 2.05) is 0 Å². The number of hydrogen-bond donors (Lipinski definition) is 2. The number of hydrogen-bond acceptors (Lipinski definition) is 3. The summed E-state index contributed by atoms with van der Waals surface area (Å²) >= 11 is 11.7. The third kappa shape index (κ3) is 4.49. The number of amides is 2. The van der Waals surface area contributed by atoms with Gasteiger partial charge >= 0.3 is 6.03 Å². The third-order valence-corrected chi connectivity index (χ3v) is 5.06. The van der Waals surface area contributed by atoms with E-state index in [0.29, 0.717) is 31.6 Å². The van der Waals surface area contributed by atoms with Crippen LogP contribution < -0.4 is 5.32 Å². The zero-order chi connectivity index (χ0) is 17.0. The molecule has 0 bridgehead atoms. The first-order chi connectivity index (χ1) is 10.9. The summed E-state index contributed by atoms with van der Waals surface area (Å²) in [5.74, 6) is 0.283. The lowest BCUT2D eigenvalue weighted by atomic mass is 9.77. The predicted octanol–water partition coefficient (Wildman–Crippen LogP) is 4.18. The first kappa shape index (κ1) is 18.3. The van der Waals surface area contributed by atoms with E-state index in [4.69, 9.17) is 23.2 Å². The van der Waals surface area contributed by atoms with Gasteiger partial charge in [0, 0.05) is 18.8 Å². The molecule has 0 unspecified atom stereocenters. The van der Waals surface area contributed by atoms with Gasteiger partial charge in [-0.1, -0.05) is 49.9 Å². The maximum atomic E-state index is 12.3. The highest BCUT2D eigenvalue weighted by atomic mass is 35.5. The smallest absolute Gasteiger partial charge is 0.321 e. The lowest BCUT2D eigenvalue weighted by Crippen LogP contribution is -2.51. The van der Waals surface area contributed by atoms with Crippen molar-refractivity contribution in [2.75, 3.05) is 18.4 Å². The maximum absolute atomic E-state index is 12.3. The molecule has 7 heteroatoms. The van der Waals surface area contributed by atoms with Gasteiger partial charge in [-0.25, -0.2) is 9.78 Å². The second kappa shape index (κ2) is 7.69. The highest BCUT2D eigenvalue weighted by molar-refractivity contribution is 6.32. The maximum Gasteiger partial charge on any atom is 0.321 e. The zero-order valence-corrected chi connectivity index (χ0v) is 15.0. The molecule has 1 fully saturated rings. The van der Waals surface area contributed by atoms with Gasteiger partial charge in [0.15, 0.2) is 0 Å². The van der Waals surface area contributed by atoms with E-state index >= 15 is 0 Å². The number of rotatable bonds is 4. The topological polar surface area (TPSA) is 65.5 Å². The number of nitrogens with zero attached hydrogens (tertiary/aromatic N) is 2. The quantitative estimate of drug-likeness (QED) is 0.792. The number of aliphatic hydroxyl groups is 1. The summed E-state index contributed by atoms with van der Waals surface area (Å²) < 4.78 is 0. The van der Waals surface area contributed by atoms with Crippen molar-refractivity contribution >= 4 is 34.9 Å². The summed E-state index contributed by atoms with van der Waals surface area (Å²) in [5, 5.41) is 14.0. The van der Waals surface area contributed by atoms with Gasteiger partial charge < -0.3 is 15.3 Å². The van der Waals surface area contributed by atoms with Gasteiger partial charge in [0.2, 0.25) is 0 Å². The van der Waals surface area contributed by atoms with Crippen molar-refractivity contribution in [1.82, 2.24) is 9.88 Å². The molecule has 128 valence electrons. The summed E-state index contributed by atoms with van der Waals surface area (Å²) in [6, 6.07) is 2.89. The monoisotopic (exact) mass is 359 g/mol. The van der Waals surface area contributed by atoms with Crippen LogP contribution in [0.2, 0.25) is 10.3 Å². The average molecular weight is 360 g/mol. The van der Waals surface area contributed by atoms with Crippen LogP contribution in [0, 0.1) is 5.92 Å².